The average Bonchev–Trinajstić information content (AvgIpc) is 3.44. The average molecular weight is 453 g/mol. The summed E-state index contributed by atoms with van der Waals surface area (Å²) in [5.41, 5.74) is 4.28. The smallest absolute Gasteiger partial charge is 0.417 e. The number of methoxy groups -OCH3 is 1. The van der Waals surface area contributed by atoms with Crippen molar-refractivity contribution in [2.45, 2.75) is 24.8 Å². The summed E-state index contributed by atoms with van der Waals surface area (Å²) in [7, 11) is 1.39. The molecule has 32 heavy (non-hydrogen) atoms. The normalized spacial score (nSPS) is 23.2. The molecular formula is C24H25ClN4O3. The number of nitrogens with zero attached hydrogens (tertiary/aromatic N) is 4. The van der Waals surface area contributed by atoms with Gasteiger partial charge in [0.2, 0.25) is 5.89 Å². The van der Waals surface area contributed by atoms with Crippen molar-refractivity contribution < 1.29 is 14.1 Å². The van der Waals surface area contributed by atoms with Crippen molar-refractivity contribution >= 4 is 24.4 Å². The van der Waals surface area contributed by atoms with Gasteiger partial charge in [0.25, 0.3) is 5.95 Å². The van der Waals surface area contributed by atoms with Gasteiger partial charge in [-0.2, -0.15) is 4.98 Å². The summed E-state index contributed by atoms with van der Waals surface area (Å²) >= 11 is 0. The van der Waals surface area contributed by atoms with Gasteiger partial charge in [-0.3, -0.25) is 0 Å². The minimum atomic E-state index is -0.502. The van der Waals surface area contributed by atoms with Crippen LogP contribution in [0.1, 0.15) is 41.8 Å². The van der Waals surface area contributed by atoms with Crippen LogP contribution >= 0.6 is 12.4 Å². The minimum Gasteiger partial charge on any atom is -0.452 e. The Balaban J connectivity index is 0.00000216. The second-order valence-electron chi connectivity index (χ2n) is 8.59. The third kappa shape index (κ3) is 3.19. The minimum absolute atomic E-state index is 0. The van der Waals surface area contributed by atoms with Crippen molar-refractivity contribution in [1.82, 2.24) is 15.0 Å². The third-order valence-corrected chi connectivity index (χ3v) is 7.05. The van der Waals surface area contributed by atoms with E-state index in [1.54, 1.807) is 0 Å². The Hall–Kier alpha value is -2.90. The monoisotopic (exact) mass is 452 g/mol. The van der Waals surface area contributed by atoms with E-state index in [0.29, 0.717) is 11.8 Å². The van der Waals surface area contributed by atoms with E-state index in [1.807, 2.05) is 36.4 Å². The molecule has 4 heterocycles. The molecule has 0 saturated carbocycles. The molecule has 3 aromatic rings. The summed E-state index contributed by atoms with van der Waals surface area (Å²) < 4.78 is 10.9. The largest absolute Gasteiger partial charge is 0.452 e. The molecule has 0 radical (unpaired) electrons. The van der Waals surface area contributed by atoms with Crippen LogP contribution in [-0.2, 0) is 4.74 Å². The maximum absolute atomic E-state index is 13.0. The summed E-state index contributed by atoms with van der Waals surface area (Å²) in [5, 5.41) is 4.26. The SMILES string of the molecule is COC(=O)N(c1noc(C2CN3CCC2CC3)n1)C1c2ccccc2-c2ccccc21.Cl. The van der Waals surface area contributed by atoms with Crippen LogP contribution < -0.4 is 4.90 Å². The maximum Gasteiger partial charge on any atom is 0.417 e. The fourth-order valence-electron chi connectivity index (χ4n) is 5.53. The Kier molecular flexibility index (Phi) is 5.39. The van der Waals surface area contributed by atoms with E-state index >= 15 is 0 Å². The summed E-state index contributed by atoms with van der Waals surface area (Å²) in [6.45, 7) is 3.23. The molecule has 3 fully saturated rings. The highest BCUT2D eigenvalue weighted by molar-refractivity contribution is 5.91. The van der Waals surface area contributed by atoms with Gasteiger partial charge >= 0.3 is 6.09 Å². The highest BCUT2D eigenvalue weighted by Gasteiger charge is 2.42. The van der Waals surface area contributed by atoms with E-state index in [1.165, 1.54) is 12.0 Å². The number of anilines is 1. The second kappa shape index (κ2) is 8.22. The molecule has 1 aromatic heterocycles. The van der Waals surface area contributed by atoms with E-state index in [2.05, 4.69) is 22.2 Å². The van der Waals surface area contributed by atoms with Gasteiger partial charge in [-0.15, -0.1) is 12.4 Å². The predicted octanol–water partition coefficient (Wildman–Crippen LogP) is 4.64. The molecule has 8 heteroatoms. The molecular weight excluding hydrogens is 428 g/mol. The number of hydrogen-bond donors (Lipinski definition) is 0. The Morgan fingerprint density at radius 3 is 2.25 bits per heavy atom. The molecule has 7 nitrogen and oxygen atoms in total. The molecule has 3 aliphatic heterocycles. The van der Waals surface area contributed by atoms with Crippen molar-refractivity contribution in [2.75, 3.05) is 31.6 Å². The van der Waals surface area contributed by atoms with Gasteiger partial charge in [0.05, 0.1) is 19.1 Å². The van der Waals surface area contributed by atoms with Crippen LogP contribution in [0.5, 0.6) is 0 Å². The lowest BCUT2D eigenvalue weighted by atomic mass is 9.79. The number of amides is 1. The first kappa shape index (κ1) is 21.0. The number of halogens is 1. The Morgan fingerprint density at radius 1 is 1.06 bits per heavy atom. The third-order valence-electron chi connectivity index (χ3n) is 7.05. The van der Waals surface area contributed by atoms with Crippen molar-refractivity contribution in [1.29, 1.82) is 0 Å². The molecule has 7 rings (SSSR count). The van der Waals surface area contributed by atoms with Crippen LogP contribution in [0.25, 0.3) is 11.1 Å². The number of rotatable bonds is 3. The van der Waals surface area contributed by atoms with Gasteiger partial charge in [0.1, 0.15) is 0 Å². The van der Waals surface area contributed by atoms with Crippen LogP contribution in [0, 0.1) is 5.92 Å². The van der Waals surface area contributed by atoms with Crippen LogP contribution in [-0.4, -0.2) is 47.9 Å². The Morgan fingerprint density at radius 2 is 1.69 bits per heavy atom. The predicted molar refractivity (Wildman–Crippen MR) is 122 cm³/mol. The van der Waals surface area contributed by atoms with Gasteiger partial charge in [-0.25, -0.2) is 9.69 Å². The van der Waals surface area contributed by atoms with Crippen LogP contribution in [0.4, 0.5) is 10.7 Å². The number of hydrogen-bond acceptors (Lipinski definition) is 6. The first-order valence-corrected chi connectivity index (χ1v) is 10.9. The van der Waals surface area contributed by atoms with Crippen molar-refractivity contribution in [3.05, 3.63) is 65.5 Å². The second-order valence-corrected chi connectivity index (χ2v) is 8.59. The topological polar surface area (TPSA) is 71.7 Å². The van der Waals surface area contributed by atoms with E-state index in [-0.39, 0.29) is 30.3 Å². The molecule has 1 atom stereocenters. The molecule has 166 valence electrons. The van der Waals surface area contributed by atoms with Crippen molar-refractivity contribution in [2.24, 2.45) is 5.92 Å². The maximum atomic E-state index is 13.0. The Labute approximate surface area is 192 Å². The molecule has 2 aromatic carbocycles. The van der Waals surface area contributed by atoms with Crippen LogP contribution in [0.3, 0.4) is 0 Å². The molecule has 3 saturated heterocycles. The highest BCUT2D eigenvalue weighted by Crippen LogP contribution is 2.47. The van der Waals surface area contributed by atoms with Gasteiger partial charge in [-0.1, -0.05) is 48.5 Å². The molecule has 1 amide bonds. The number of fused-ring (bicyclic) bond motifs is 6. The molecule has 1 unspecified atom stereocenters. The lowest BCUT2D eigenvalue weighted by Gasteiger charge is -2.43. The number of ether oxygens (including phenoxy) is 1. The number of piperidine rings is 3. The zero-order chi connectivity index (χ0) is 20.9. The summed E-state index contributed by atoms with van der Waals surface area (Å²) in [4.78, 5) is 21.7. The zero-order valence-electron chi connectivity index (χ0n) is 17.8. The van der Waals surface area contributed by atoms with Gasteiger partial charge in [0, 0.05) is 6.54 Å². The number of benzene rings is 2. The lowest BCUT2D eigenvalue weighted by Crippen LogP contribution is -2.46. The molecule has 4 aliphatic rings. The molecule has 0 N–H and O–H groups in total. The first-order chi connectivity index (χ1) is 15.2. The standard InChI is InChI=1S/C24H24N4O3.ClH/c1-30-24(29)28(21-18-8-4-2-6-16(18)17-7-3-5-9-19(17)21)23-25-22(31-26-23)20-14-27-12-10-15(20)11-13-27;/h2-9,15,20-21H,10-14H2,1H3;1H. The van der Waals surface area contributed by atoms with E-state index in [4.69, 9.17) is 14.2 Å². The summed E-state index contributed by atoms with van der Waals surface area (Å²) in [6, 6.07) is 15.9. The summed E-state index contributed by atoms with van der Waals surface area (Å²) in [5.74, 6) is 1.68. The number of aromatic nitrogens is 2. The van der Waals surface area contributed by atoms with Crippen molar-refractivity contribution in [3.63, 3.8) is 0 Å². The number of carbonyl (C=O) groups excluding carboxylic acids is 1. The molecule has 0 spiro atoms. The quantitative estimate of drug-likeness (QED) is 0.576. The van der Waals surface area contributed by atoms with Gasteiger partial charge in [0.15, 0.2) is 0 Å². The fourth-order valence-corrected chi connectivity index (χ4v) is 5.53. The van der Waals surface area contributed by atoms with Gasteiger partial charge in [-0.05, 0) is 59.3 Å². The Bertz CT molecular complexity index is 1100. The lowest BCUT2D eigenvalue weighted by molar-refractivity contribution is 0.0727. The van der Waals surface area contributed by atoms with Crippen LogP contribution in [0.2, 0.25) is 0 Å². The van der Waals surface area contributed by atoms with E-state index in [9.17, 15) is 4.79 Å². The first-order valence-electron chi connectivity index (χ1n) is 10.9. The van der Waals surface area contributed by atoms with E-state index in [0.717, 1.165) is 54.7 Å². The number of carbonyl (C=O) groups is 1. The fraction of sp³-hybridized carbons (Fsp3) is 0.375. The zero-order valence-corrected chi connectivity index (χ0v) is 18.6. The van der Waals surface area contributed by atoms with E-state index < -0.39 is 6.09 Å². The highest BCUT2D eigenvalue weighted by atomic mass is 35.5. The van der Waals surface area contributed by atoms with Crippen LogP contribution in [0.15, 0.2) is 53.1 Å². The molecule has 1 aliphatic carbocycles. The molecule has 2 bridgehead atoms. The van der Waals surface area contributed by atoms with Gasteiger partial charge < -0.3 is 14.2 Å². The van der Waals surface area contributed by atoms with Crippen molar-refractivity contribution in [3.8, 4) is 11.1 Å². The summed E-state index contributed by atoms with van der Waals surface area (Å²) in [6.07, 6.45) is 1.82.